The van der Waals surface area contributed by atoms with Crippen molar-refractivity contribution in [3.63, 3.8) is 0 Å². The van der Waals surface area contributed by atoms with Gasteiger partial charge in [-0.15, -0.1) is 0 Å². The van der Waals surface area contributed by atoms with Crippen molar-refractivity contribution in [2.24, 2.45) is 0 Å². The van der Waals surface area contributed by atoms with Crippen molar-refractivity contribution >= 4 is 11.7 Å². The first-order chi connectivity index (χ1) is 18.3. The van der Waals surface area contributed by atoms with Crippen LogP contribution in [0.15, 0.2) is 72.3 Å². The van der Waals surface area contributed by atoms with Crippen molar-refractivity contribution in [1.82, 2.24) is 19.7 Å². The lowest BCUT2D eigenvalue weighted by molar-refractivity contribution is 0.0625. The minimum absolute atomic E-state index is 0.0852. The average Bonchev–Trinajstić information content (AvgIpc) is 2.95. The highest BCUT2D eigenvalue weighted by molar-refractivity contribution is 5.96. The third-order valence-corrected chi connectivity index (χ3v) is 6.19. The molecule has 0 atom stereocenters. The Labute approximate surface area is 227 Å². The Morgan fingerprint density at radius 2 is 1.76 bits per heavy atom. The molecule has 38 heavy (non-hydrogen) atoms. The van der Waals surface area contributed by atoms with Crippen molar-refractivity contribution in [1.29, 1.82) is 0 Å². The Balaban J connectivity index is 0.00000247. The van der Waals surface area contributed by atoms with E-state index in [9.17, 15) is 14.3 Å². The second-order valence-corrected chi connectivity index (χ2v) is 8.96. The van der Waals surface area contributed by atoms with Crippen LogP contribution in [-0.2, 0) is 0 Å². The Kier molecular flexibility index (Phi) is 12.7. The number of anilines is 1. The number of benzene rings is 1. The van der Waals surface area contributed by atoms with Gasteiger partial charge in [-0.25, -0.2) is 9.37 Å². The lowest BCUT2D eigenvalue weighted by Crippen LogP contribution is -2.50. The number of amides is 1. The molecular weight excluding hydrogens is 481 g/mol. The van der Waals surface area contributed by atoms with E-state index in [0.29, 0.717) is 24.5 Å². The molecule has 1 aromatic heterocycles. The van der Waals surface area contributed by atoms with E-state index < -0.39 is 5.82 Å². The van der Waals surface area contributed by atoms with Gasteiger partial charge in [-0.3, -0.25) is 9.69 Å². The van der Waals surface area contributed by atoms with Crippen molar-refractivity contribution in [3.8, 4) is 11.1 Å². The van der Waals surface area contributed by atoms with Gasteiger partial charge >= 0.3 is 0 Å². The molecule has 2 aromatic rings. The summed E-state index contributed by atoms with van der Waals surface area (Å²) in [5, 5.41) is 12.9. The summed E-state index contributed by atoms with van der Waals surface area (Å²) in [5.74, 6) is 0.0317. The molecule has 0 bridgehead atoms. The molecule has 0 spiro atoms. The highest BCUT2D eigenvalue weighted by Crippen LogP contribution is 2.24. The largest absolute Gasteiger partial charge is 0.508 e. The molecule has 1 saturated heterocycles. The summed E-state index contributed by atoms with van der Waals surface area (Å²) in [4.78, 5) is 23.7. The second-order valence-electron chi connectivity index (χ2n) is 8.96. The Hall–Kier alpha value is -3.49. The molecule has 1 fully saturated rings. The van der Waals surface area contributed by atoms with Crippen LogP contribution in [0.25, 0.3) is 11.1 Å². The van der Waals surface area contributed by atoms with E-state index in [1.54, 1.807) is 48.5 Å². The summed E-state index contributed by atoms with van der Waals surface area (Å²) < 4.78 is 14.6. The van der Waals surface area contributed by atoms with Crippen molar-refractivity contribution in [3.05, 3.63) is 83.7 Å². The summed E-state index contributed by atoms with van der Waals surface area (Å²) >= 11 is 0. The number of aliphatic hydroxyl groups excluding tert-OH is 1. The predicted molar refractivity (Wildman–Crippen MR) is 155 cm³/mol. The number of rotatable bonds is 9. The number of nitrogens with one attached hydrogen (secondary N) is 1. The number of aromatic nitrogens is 1. The summed E-state index contributed by atoms with van der Waals surface area (Å²) in [6.45, 7) is 12.3. The molecule has 206 valence electrons. The number of aliphatic hydroxyl groups is 1. The maximum Gasteiger partial charge on any atom is 0.256 e. The number of hydrogen-bond acceptors (Lipinski definition) is 6. The Bertz CT molecular complexity index is 1120. The fraction of sp³-hybridized carbons (Fsp3) is 0.400. The monoisotopic (exact) mass is 523 g/mol. The number of piperazine rings is 1. The minimum Gasteiger partial charge on any atom is -0.508 e. The molecule has 0 saturated carbocycles. The quantitative estimate of drug-likeness (QED) is 0.331. The zero-order valence-corrected chi connectivity index (χ0v) is 23.5. The molecule has 1 aliphatic heterocycles. The molecule has 2 N–H and O–H groups in total. The van der Waals surface area contributed by atoms with Crippen LogP contribution in [0.4, 0.5) is 10.2 Å². The van der Waals surface area contributed by atoms with E-state index in [1.807, 2.05) is 53.1 Å². The number of carbonyl (C=O) groups is 1. The van der Waals surface area contributed by atoms with Crippen molar-refractivity contribution in [2.45, 2.75) is 27.7 Å². The summed E-state index contributed by atoms with van der Waals surface area (Å²) in [6.07, 6.45) is 8.57. The van der Waals surface area contributed by atoms with Gasteiger partial charge in [-0.1, -0.05) is 26.0 Å². The average molecular weight is 524 g/mol. The first-order valence-corrected chi connectivity index (χ1v) is 13.2. The Morgan fingerprint density at radius 3 is 2.34 bits per heavy atom. The third kappa shape index (κ3) is 8.82. The second kappa shape index (κ2) is 15.7. The normalized spacial score (nSPS) is 15.0. The SMILES string of the molecule is C/C=C(/C=C/Nc1ccc(-c2ccc(F)c(C(=O)N3CCN(CCN(C)C)CC3)c2)cn1)C(\O)=C/C.CC. The zero-order chi connectivity index (χ0) is 28.1. The molecule has 1 aromatic carbocycles. The molecular formula is C30H42FN5O2. The van der Waals surface area contributed by atoms with Crippen molar-refractivity contribution in [2.75, 3.05) is 58.7 Å². The summed E-state index contributed by atoms with van der Waals surface area (Å²) in [6, 6.07) is 8.29. The van der Waals surface area contributed by atoms with Crippen LogP contribution in [0.3, 0.4) is 0 Å². The molecule has 7 nitrogen and oxygen atoms in total. The fourth-order valence-electron chi connectivity index (χ4n) is 3.92. The Morgan fingerprint density at radius 1 is 1.08 bits per heavy atom. The van der Waals surface area contributed by atoms with Gasteiger partial charge in [0, 0.05) is 62.8 Å². The van der Waals surface area contributed by atoms with E-state index >= 15 is 0 Å². The number of likely N-dealkylation sites (N-methyl/N-ethyl adjacent to an activating group) is 1. The van der Waals surface area contributed by atoms with Gasteiger partial charge in [0.15, 0.2) is 0 Å². The third-order valence-electron chi connectivity index (χ3n) is 6.19. The van der Waals surface area contributed by atoms with Gasteiger partial charge in [0.2, 0.25) is 0 Å². The van der Waals surface area contributed by atoms with Crippen LogP contribution in [0, 0.1) is 5.82 Å². The maximum atomic E-state index is 14.6. The van der Waals surface area contributed by atoms with Gasteiger partial charge in [-0.05, 0) is 69.9 Å². The number of hydrogen-bond donors (Lipinski definition) is 2. The van der Waals surface area contributed by atoms with Gasteiger partial charge in [0.05, 0.1) is 5.56 Å². The number of allylic oxidation sites excluding steroid dienone is 3. The minimum atomic E-state index is -0.515. The fourth-order valence-corrected chi connectivity index (χ4v) is 3.92. The molecule has 0 radical (unpaired) electrons. The number of carbonyl (C=O) groups excluding carboxylic acids is 1. The lowest BCUT2D eigenvalue weighted by atomic mass is 10.0. The summed E-state index contributed by atoms with van der Waals surface area (Å²) in [7, 11) is 4.09. The zero-order valence-electron chi connectivity index (χ0n) is 23.5. The molecule has 3 rings (SSSR count). The van der Waals surface area contributed by atoms with Crippen LogP contribution in [-0.4, -0.2) is 84.1 Å². The van der Waals surface area contributed by atoms with E-state index in [-0.39, 0.29) is 17.2 Å². The standard InChI is InChI=1S/C28H36FN5O2.C2H6/c1-5-21(26(35)6-2)11-12-30-27-10-8-23(20-31-27)22-7-9-25(29)24(19-22)28(36)34-17-15-33(16-18-34)14-13-32(3)4;1-2/h5-12,19-20,35H,13-18H2,1-4H3,(H,30,31);1-2H3/b12-11+,21-5-,26-6+;. The van der Waals surface area contributed by atoms with E-state index in [4.69, 9.17) is 0 Å². The molecule has 2 heterocycles. The van der Waals surface area contributed by atoms with Crippen LogP contribution in [0.1, 0.15) is 38.1 Å². The van der Waals surface area contributed by atoms with Crippen molar-refractivity contribution < 1.29 is 14.3 Å². The smallest absolute Gasteiger partial charge is 0.256 e. The highest BCUT2D eigenvalue weighted by atomic mass is 19.1. The molecule has 0 aliphatic carbocycles. The predicted octanol–water partition coefficient (Wildman–Crippen LogP) is 5.57. The van der Waals surface area contributed by atoms with Gasteiger partial charge in [0.25, 0.3) is 5.91 Å². The van der Waals surface area contributed by atoms with Crippen LogP contribution >= 0.6 is 0 Å². The van der Waals surface area contributed by atoms with E-state index in [0.717, 1.165) is 37.3 Å². The van der Waals surface area contributed by atoms with Gasteiger partial charge in [0.1, 0.15) is 17.4 Å². The molecule has 1 aliphatic rings. The van der Waals surface area contributed by atoms with Gasteiger partial charge < -0.3 is 20.2 Å². The van der Waals surface area contributed by atoms with E-state index in [2.05, 4.69) is 20.1 Å². The summed E-state index contributed by atoms with van der Waals surface area (Å²) in [5.41, 5.74) is 2.29. The highest BCUT2D eigenvalue weighted by Gasteiger charge is 2.24. The first-order valence-electron chi connectivity index (χ1n) is 13.2. The molecule has 8 heteroatoms. The topological polar surface area (TPSA) is 71.9 Å². The molecule has 0 unspecified atom stereocenters. The van der Waals surface area contributed by atoms with Crippen LogP contribution in [0.5, 0.6) is 0 Å². The van der Waals surface area contributed by atoms with Crippen LogP contribution in [0.2, 0.25) is 0 Å². The number of nitrogens with zero attached hydrogens (tertiary/aromatic N) is 4. The van der Waals surface area contributed by atoms with E-state index in [1.165, 1.54) is 6.07 Å². The maximum absolute atomic E-state index is 14.6. The number of halogens is 1. The van der Waals surface area contributed by atoms with Crippen LogP contribution < -0.4 is 5.32 Å². The van der Waals surface area contributed by atoms with Gasteiger partial charge in [-0.2, -0.15) is 0 Å². The lowest BCUT2D eigenvalue weighted by Gasteiger charge is -2.35. The first kappa shape index (κ1) is 30.7. The number of pyridine rings is 1. The molecule has 1 amide bonds.